The molecule has 1 fully saturated rings. The molecule has 0 atom stereocenters. The molecule has 0 radical (unpaired) electrons. The molecule has 0 aliphatic carbocycles. The van der Waals surface area contributed by atoms with E-state index in [0.29, 0.717) is 49.5 Å². The molecule has 6 heteroatoms. The number of hydrogen-bond donors (Lipinski definition) is 0. The number of carbonyl (C=O) groups excluding carboxylic acids is 2. The number of likely N-dealkylation sites (tertiary alicyclic amines) is 1. The number of benzene rings is 2. The molecule has 0 aromatic heterocycles. The SMILES string of the molecule is CN(Cc1ccccc1)C(=O)C1CCN(C(=O)c2ccc3c(c2)OCO3)CC1. The van der Waals surface area contributed by atoms with Crippen molar-refractivity contribution in [1.82, 2.24) is 9.80 Å². The van der Waals surface area contributed by atoms with Crippen LogP contribution in [-0.4, -0.2) is 48.5 Å². The molecule has 28 heavy (non-hydrogen) atoms. The fourth-order valence-corrected chi connectivity index (χ4v) is 3.79. The van der Waals surface area contributed by atoms with E-state index in [0.717, 1.165) is 5.56 Å². The van der Waals surface area contributed by atoms with E-state index in [2.05, 4.69) is 0 Å². The Balaban J connectivity index is 1.32. The first-order valence-corrected chi connectivity index (χ1v) is 9.59. The van der Waals surface area contributed by atoms with Crippen LogP contribution in [0.4, 0.5) is 0 Å². The number of piperidine rings is 1. The summed E-state index contributed by atoms with van der Waals surface area (Å²) in [5, 5.41) is 0. The maximum absolute atomic E-state index is 12.8. The summed E-state index contributed by atoms with van der Waals surface area (Å²) < 4.78 is 10.7. The van der Waals surface area contributed by atoms with Gasteiger partial charge in [-0.1, -0.05) is 30.3 Å². The van der Waals surface area contributed by atoms with Crippen LogP contribution in [0.5, 0.6) is 11.5 Å². The Morgan fingerprint density at radius 3 is 2.50 bits per heavy atom. The fourth-order valence-electron chi connectivity index (χ4n) is 3.79. The number of fused-ring (bicyclic) bond motifs is 1. The number of ether oxygens (including phenoxy) is 2. The zero-order valence-corrected chi connectivity index (χ0v) is 16.0. The Labute approximate surface area is 164 Å². The van der Waals surface area contributed by atoms with Crippen molar-refractivity contribution in [1.29, 1.82) is 0 Å². The van der Waals surface area contributed by atoms with E-state index in [-0.39, 0.29) is 24.5 Å². The molecule has 2 amide bonds. The van der Waals surface area contributed by atoms with Crippen LogP contribution in [0.2, 0.25) is 0 Å². The van der Waals surface area contributed by atoms with Crippen LogP contribution in [-0.2, 0) is 11.3 Å². The summed E-state index contributed by atoms with van der Waals surface area (Å²) in [6, 6.07) is 15.2. The zero-order valence-electron chi connectivity index (χ0n) is 16.0. The molecule has 0 bridgehead atoms. The molecule has 2 heterocycles. The highest BCUT2D eigenvalue weighted by molar-refractivity contribution is 5.95. The Morgan fingerprint density at radius 1 is 1.04 bits per heavy atom. The second kappa shape index (κ2) is 7.92. The molecule has 0 saturated carbocycles. The summed E-state index contributed by atoms with van der Waals surface area (Å²) in [4.78, 5) is 29.2. The molecular weight excluding hydrogens is 356 g/mol. The van der Waals surface area contributed by atoms with E-state index in [9.17, 15) is 9.59 Å². The van der Waals surface area contributed by atoms with Gasteiger partial charge in [-0.3, -0.25) is 9.59 Å². The summed E-state index contributed by atoms with van der Waals surface area (Å²) in [7, 11) is 1.85. The van der Waals surface area contributed by atoms with E-state index in [1.165, 1.54) is 0 Å². The average Bonchev–Trinajstić information content (AvgIpc) is 3.21. The summed E-state index contributed by atoms with van der Waals surface area (Å²) in [5.74, 6) is 1.37. The van der Waals surface area contributed by atoms with Crippen molar-refractivity contribution in [3.05, 3.63) is 59.7 Å². The molecule has 6 nitrogen and oxygen atoms in total. The first-order chi connectivity index (χ1) is 13.6. The number of carbonyl (C=O) groups is 2. The highest BCUT2D eigenvalue weighted by atomic mass is 16.7. The van der Waals surface area contributed by atoms with Crippen molar-refractivity contribution in [2.75, 3.05) is 26.9 Å². The van der Waals surface area contributed by atoms with Gasteiger partial charge in [0.1, 0.15) is 0 Å². The van der Waals surface area contributed by atoms with Crippen molar-refractivity contribution in [2.45, 2.75) is 19.4 Å². The van der Waals surface area contributed by atoms with Crippen LogP contribution >= 0.6 is 0 Å². The third kappa shape index (κ3) is 3.81. The summed E-state index contributed by atoms with van der Waals surface area (Å²) in [5.41, 5.74) is 1.71. The Kier molecular flexibility index (Phi) is 5.19. The molecule has 4 rings (SSSR count). The molecule has 2 aromatic carbocycles. The molecule has 146 valence electrons. The Morgan fingerprint density at radius 2 is 1.75 bits per heavy atom. The summed E-state index contributed by atoms with van der Waals surface area (Å²) >= 11 is 0. The van der Waals surface area contributed by atoms with Gasteiger partial charge in [0.15, 0.2) is 11.5 Å². The predicted octanol–water partition coefficient (Wildman–Crippen LogP) is 2.93. The Bertz CT molecular complexity index is 860. The van der Waals surface area contributed by atoms with Gasteiger partial charge in [0.2, 0.25) is 12.7 Å². The number of hydrogen-bond acceptors (Lipinski definition) is 4. The predicted molar refractivity (Wildman–Crippen MR) is 104 cm³/mol. The normalized spacial score (nSPS) is 16.1. The lowest BCUT2D eigenvalue weighted by molar-refractivity contribution is -0.136. The van der Waals surface area contributed by atoms with Crippen molar-refractivity contribution < 1.29 is 19.1 Å². The lowest BCUT2D eigenvalue weighted by Crippen LogP contribution is -2.43. The highest BCUT2D eigenvalue weighted by Gasteiger charge is 2.30. The highest BCUT2D eigenvalue weighted by Crippen LogP contribution is 2.33. The van der Waals surface area contributed by atoms with Crippen LogP contribution in [0.15, 0.2) is 48.5 Å². The maximum Gasteiger partial charge on any atom is 0.253 e. The van der Waals surface area contributed by atoms with Gasteiger partial charge in [0.25, 0.3) is 5.91 Å². The molecular formula is C22H24N2O4. The average molecular weight is 380 g/mol. The lowest BCUT2D eigenvalue weighted by Gasteiger charge is -2.33. The van der Waals surface area contributed by atoms with Crippen LogP contribution in [0, 0.1) is 5.92 Å². The fraction of sp³-hybridized carbons (Fsp3) is 0.364. The van der Waals surface area contributed by atoms with Gasteiger partial charge < -0.3 is 19.3 Å². The van der Waals surface area contributed by atoms with E-state index in [1.54, 1.807) is 23.1 Å². The standard InChI is InChI=1S/C22H24N2O4/c1-23(14-16-5-3-2-4-6-16)21(25)17-9-11-24(12-10-17)22(26)18-7-8-19-20(13-18)28-15-27-19/h2-8,13,17H,9-12,14-15H2,1H3. The smallest absolute Gasteiger partial charge is 0.253 e. The van der Waals surface area contributed by atoms with Crippen molar-refractivity contribution in [3.63, 3.8) is 0 Å². The van der Waals surface area contributed by atoms with Gasteiger partial charge in [-0.15, -0.1) is 0 Å². The van der Waals surface area contributed by atoms with E-state index < -0.39 is 0 Å². The molecule has 0 N–H and O–H groups in total. The van der Waals surface area contributed by atoms with Crippen LogP contribution < -0.4 is 9.47 Å². The minimum atomic E-state index is -0.0329. The topological polar surface area (TPSA) is 59.1 Å². The molecule has 2 aliphatic rings. The van der Waals surface area contributed by atoms with Gasteiger partial charge in [-0.2, -0.15) is 0 Å². The minimum Gasteiger partial charge on any atom is -0.454 e. The summed E-state index contributed by atoms with van der Waals surface area (Å²) in [6.07, 6.45) is 1.38. The lowest BCUT2D eigenvalue weighted by atomic mass is 9.94. The second-order valence-corrected chi connectivity index (χ2v) is 7.31. The summed E-state index contributed by atoms with van der Waals surface area (Å²) in [6.45, 7) is 1.97. The Hall–Kier alpha value is -3.02. The number of amides is 2. The van der Waals surface area contributed by atoms with Gasteiger partial charge in [-0.25, -0.2) is 0 Å². The van der Waals surface area contributed by atoms with Gasteiger partial charge in [0, 0.05) is 38.2 Å². The molecule has 2 aliphatic heterocycles. The van der Waals surface area contributed by atoms with Gasteiger partial charge in [0.05, 0.1) is 0 Å². The zero-order chi connectivity index (χ0) is 19.5. The van der Waals surface area contributed by atoms with Crippen molar-refractivity contribution in [3.8, 4) is 11.5 Å². The third-order valence-corrected chi connectivity index (χ3v) is 5.39. The first kappa shape index (κ1) is 18.3. The monoisotopic (exact) mass is 380 g/mol. The van der Waals surface area contributed by atoms with Crippen molar-refractivity contribution in [2.24, 2.45) is 5.92 Å². The van der Waals surface area contributed by atoms with Crippen LogP contribution in [0.1, 0.15) is 28.8 Å². The van der Waals surface area contributed by atoms with Gasteiger partial charge >= 0.3 is 0 Å². The van der Waals surface area contributed by atoms with Crippen molar-refractivity contribution >= 4 is 11.8 Å². The van der Waals surface area contributed by atoms with E-state index in [1.807, 2.05) is 42.3 Å². The second-order valence-electron chi connectivity index (χ2n) is 7.31. The van der Waals surface area contributed by atoms with Crippen LogP contribution in [0.25, 0.3) is 0 Å². The first-order valence-electron chi connectivity index (χ1n) is 9.59. The van der Waals surface area contributed by atoms with E-state index >= 15 is 0 Å². The molecule has 0 unspecified atom stereocenters. The quantitative estimate of drug-likeness (QED) is 0.818. The number of nitrogens with zero attached hydrogens (tertiary/aromatic N) is 2. The van der Waals surface area contributed by atoms with Gasteiger partial charge in [-0.05, 0) is 36.6 Å². The maximum atomic E-state index is 12.8. The number of rotatable bonds is 4. The third-order valence-electron chi connectivity index (χ3n) is 5.39. The molecule has 0 spiro atoms. The molecule has 2 aromatic rings. The largest absolute Gasteiger partial charge is 0.454 e. The van der Waals surface area contributed by atoms with E-state index in [4.69, 9.17) is 9.47 Å². The van der Waals surface area contributed by atoms with Crippen LogP contribution in [0.3, 0.4) is 0 Å². The minimum absolute atomic E-state index is 0.0261. The molecule has 1 saturated heterocycles.